The zero-order valence-corrected chi connectivity index (χ0v) is 15.9. The molecule has 3 aromatic rings. The van der Waals surface area contributed by atoms with Crippen LogP contribution in [0.1, 0.15) is 17.0 Å². The third kappa shape index (κ3) is 4.06. The zero-order valence-electron chi connectivity index (χ0n) is 15.9. The van der Waals surface area contributed by atoms with Gasteiger partial charge in [-0.3, -0.25) is 4.68 Å². The van der Waals surface area contributed by atoms with Crippen molar-refractivity contribution in [3.8, 4) is 5.75 Å². The zero-order chi connectivity index (χ0) is 20.4. The van der Waals surface area contributed by atoms with Crippen LogP contribution in [0.25, 0.3) is 0 Å². The van der Waals surface area contributed by atoms with Crippen LogP contribution in [0, 0.1) is 11.6 Å². The molecule has 29 heavy (non-hydrogen) atoms. The van der Waals surface area contributed by atoms with Crippen molar-refractivity contribution in [1.29, 1.82) is 0 Å². The number of aryl methyl sites for hydroxylation is 1. The summed E-state index contributed by atoms with van der Waals surface area (Å²) in [5, 5.41) is 6.98. The van der Waals surface area contributed by atoms with Crippen molar-refractivity contribution in [2.45, 2.75) is 19.6 Å². The summed E-state index contributed by atoms with van der Waals surface area (Å²) < 4.78 is 34.8. The summed E-state index contributed by atoms with van der Waals surface area (Å²) in [6.45, 7) is 1.05. The Labute approximate surface area is 166 Å². The van der Waals surface area contributed by atoms with Crippen LogP contribution in [0.5, 0.6) is 5.75 Å². The van der Waals surface area contributed by atoms with Gasteiger partial charge in [0.1, 0.15) is 29.7 Å². The lowest BCUT2D eigenvalue weighted by molar-refractivity contribution is 0.205. The van der Waals surface area contributed by atoms with E-state index in [2.05, 4.69) is 10.4 Å². The minimum absolute atomic E-state index is 0.181. The highest BCUT2D eigenvalue weighted by atomic mass is 19.1. The highest BCUT2D eigenvalue weighted by molar-refractivity contribution is 5.89. The fourth-order valence-corrected chi connectivity index (χ4v) is 3.41. The lowest BCUT2D eigenvalue weighted by Crippen LogP contribution is -2.39. The molecule has 1 aromatic heterocycles. The normalized spacial score (nSPS) is 13.1. The molecule has 0 unspecified atom stereocenters. The number of hydrogen-bond donors (Lipinski definition) is 1. The number of anilines is 1. The van der Waals surface area contributed by atoms with Crippen LogP contribution >= 0.6 is 0 Å². The summed E-state index contributed by atoms with van der Waals surface area (Å²) >= 11 is 0. The highest BCUT2D eigenvalue weighted by Gasteiger charge is 2.27. The van der Waals surface area contributed by atoms with Gasteiger partial charge in [0.25, 0.3) is 0 Å². The molecule has 150 valence electrons. The number of urea groups is 1. The number of halogens is 2. The number of aromatic nitrogens is 2. The van der Waals surface area contributed by atoms with Gasteiger partial charge in [0.15, 0.2) is 0 Å². The highest BCUT2D eigenvalue weighted by Crippen LogP contribution is 2.25. The number of benzene rings is 2. The average Bonchev–Trinajstić information content (AvgIpc) is 3.05. The van der Waals surface area contributed by atoms with Gasteiger partial charge in [0, 0.05) is 37.3 Å². The molecule has 1 aliphatic heterocycles. The number of nitrogens with zero attached hydrogens (tertiary/aromatic N) is 3. The van der Waals surface area contributed by atoms with E-state index in [1.54, 1.807) is 9.58 Å². The Morgan fingerprint density at radius 3 is 2.79 bits per heavy atom. The molecule has 2 aromatic carbocycles. The molecule has 1 N–H and O–H groups in total. The number of hydrogen-bond acceptors (Lipinski definition) is 3. The van der Waals surface area contributed by atoms with Gasteiger partial charge in [0.05, 0.1) is 12.2 Å². The number of carbonyl (C=O) groups is 1. The first-order chi connectivity index (χ1) is 14.0. The van der Waals surface area contributed by atoms with E-state index in [1.165, 1.54) is 0 Å². The van der Waals surface area contributed by atoms with Crippen LogP contribution < -0.4 is 10.1 Å². The molecule has 1 aliphatic rings. The minimum atomic E-state index is -0.684. The fourth-order valence-electron chi connectivity index (χ4n) is 3.41. The molecule has 0 radical (unpaired) electrons. The lowest BCUT2D eigenvalue weighted by atomic mass is 10.1. The van der Waals surface area contributed by atoms with Crippen molar-refractivity contribution in [3.63, 3.8) is 0 Å². The molecule has 2 heterocycles. The molecular formula is C21H20F2N4O2. The molecule has 0 saturated heterocycles. The van der Waals surface area contributed by atoms with Crippen LogP contribution in [-0.2, 0) is 26.6 Å². The first-order valence-corrected chi connectivity index (χ1v) is 9.23. The number of para-hydroxylation sites is 1. The molecule has 0 spiro atoms. The van der Waals surface area contributed by atoms with E-state index < -0.39 is 17.7 Å². The van der Waals surface area contributed by atoms with Crippen molar-refractivity contribution in [1.82, 2.24) is 14.7 Å². The van der Waals surface area contributed by atoms with Gasteiger partial charge >= 0.3 is 6.03 Å². The van der Waals surface area contributed by atoms with Gasteiger partial charge in [-0.2, -0.15) is 5.10 Å². The van der Waals surface area contributed by atoms with E-state index in [0.717, 1.165) is 40.9 Å². The first kappa shape index (κ1) is 18.9. The van der Waals surface area contributed by atoms with E-state index in [0.29, 0.717) is 19.5 Å². The number of rotatable bonds is 4. The largest absolute Gasteiger partial charge is 0.487 e. The first-order valence-electron chi connectivity index (χ1n) is 9.23. The van der Waals surface area contributed by atoms with E-state index in [-0.39, 0.29) is 12.3 Å². The number of carbonyl (C=O) groups excluding carboxylic acids is 1. The van der Waals surface area contributed by atoms with Crippen LogP contribution in [0.4, 0.5) is 19.3 Å². The Morgan fingerprint density at radius 1 is 1.21 bits per heavy atom. The summed E-state index contributed by atoms with van der Waals surface area (Å²) in [5.41, 5.74) is 2.53. The van der Waals surface area contributed by atoms with E-state index in [1.807, 2.05) is 37.4 Å². The van der Waals surface area contributed by atoms with Crippen LogP contribution in [-0.4, -0.2) is 27.3 Å². The van der Waals surface area contributed by atoms with Crippen molar-refractivity contribution >= 4 is 11.7 Å². The van der Waals surface area contributed by atoms with Gasteiger partial charge in [-0.15, -0.1) is 0 Å². The molecule has 0 aliphatic carbocycles. The Morgan fingerprint density at radius 2 is 2.00 bits per heavy atom. The third-order valence-electron chi connectivity index (χ3n) is 4.90. The Bertz CT molecular complexity index is 1040. The lowest BCUT2D eigenvalue weighted by Gasteiger charge is -2.28. The summed E-state index contributed by atoms with van der Waals surface area (Å²) in [7, 11) is 1.86. The fraction of sp³-hybridized carbons (Fsp3) is 0.238. The Hall–Kier alpha value is -3.42. The molecule has 8 heteroatoms. The van der Waals surface area contributed by atoms with E-state index in [9.17, 15) is 13.6 Å². The minimum Gasteiger partial charge on any atom is -0.487 e. The van der Waals surface area contributed by atoms with Crippen molar-refractivity contribution < 1.29 is 18.3 Å². The standard InChI is InChI=1S/C21H20F2N4O2/c1-26-20-9-10-27(21(28)24-18-11-14(22)7-8-17(18)23)12-16(20)19(25-26)13-29-15-5-3-2-4-6-15/h2-8,11H,9-10,12-13H2,1H3,(H,24,28). The number of ether oxygens (including phenoxy) is 1. The third-order valence-corrected chi connectivity index (χ3v) is 4.90. The van der Waals surface area contributed by atoms with Gasteiger partial charge in [-0.25, -0.2) is 13.6 Å². The smallest absolute Gasteiger partial charge is 0.322 e. The summed E-state index contributed by atoms with van der Waals surface area (Å²) in [6.07, 6.45) is 0.614. The van der Waals surface area contributed by atoms with Gasteiger partial charge in [0.2, 0.25) is 0 Å². The molecule has 0 fully saturated rings. The predicted octanol–water partition coefficient (Wildman–Crippen LogP) is 3.87. The molecule has 0 saturated carbocycles. The number of amides is 2. The maximum atomic E-state index is 13.8. The Kier molecular flexibility index (Phi) is 5.16. The average molecular weight is 398 g/mol. The molecular weight excluding hydrogens is 378 g/mol. The van der Waals surface area contributed by atoms with Gasteiger partial charge < -0.3 is 15.0 Å². The molecule has 0 bridgehead atoms. The van der Waals surface area contributed by atoms with E-state index >= 15 is 0 Å². The topological polar surface area (TPSA) is 59.4 Å². The van der Waals surface area contributed by atoms with Crippen LogP contribution in [0.2, 0.25) is 0 Å². The quantitative estimate of drug-likeness (QED) is 0.726. The Balaban J connectivity index is 1.48. The van der Waals surface area contributed by atoms with Gasteiger partial charge in [-0.1, -0.05) is 18.2 Å². The van der Waals surface area contributed by atoms with Crippen molar-refractivity contribution in [2.24, 2.45) is 7.05 Å². The van der Waals surface area contributed by atoms with E-state index in [4.69, 9.17) is 4.74 Å². The second-order valence-electron chi connectivity index (χ2n) is 6.82. The molecule has 0 atom stereocenters. The van der Waals surface area contributed by atoms with Crippen molar-refractivity contribution in [3.05, 3.63) is 77.1 Å². The second-order valence-corrected chi connectivity index (χ2v) is 6.82. The summed E-state index contributed by atoms with van der Waals surface area (Å²) in [5.74, 6) is -0.565. The van der Waals surface area contributed by atoms with Gasteiger partial charge in [-0.05, 0) is 24.3 Å². The molecule has 6 nitrogen and oxygen atoms in total. The SMILES string of the molecule is Cn1nc(COc2ccccc2)c2c1CCN(C(=O)Nc1cc(F)ccc1F)C2. The van der Waals surface area contributed by atoms with Crippen LogP contribution in [0.3, 0.4) is 0 Å². The monoisotopic (exact) mass is 398 g/mol. The molecule has 2 amide bonds. The maximum Gasteiger partial charge on any atom is 0.322 e. The van der Waals surface area contributed by atoms with Crippen molar-refractivity contribution in [2.75, 3.05) is 11.9 Å². The van der Waals surface area contributed by atoms with Crippen LogP contribution in [0.15, 0.2) is 48.5 Å². The summed E-state index contributed by atoms with van der Waals surface area (Å²) in [4.78, 5) is 14.2. The molecule has 4 rings (SSSR count). The summed E-state index contributed by atoms with van der Waals surface area (Å²) in [6, 6.07) is 11.9. The second kappa shape index (κ2) is 7.90. The number of fused-ring (bicyclic) bond motifs is 1. The maximum absolute atomic E-state index is 13.8. The number of nitrogens with one attached hydrogen (secondary N) is 1. The predicted molar refractivity (Wildman–Crippen MR) is 103 cm³/mol.